The Hall–Kier alpha value is -1.89. The van der Waals surface area contributed by atoms with Gasteiger partial charge in [0.05, 0.1) is 97.9 Å². The number of carbonyl (C=O) groups excluding carboxylic acids is 1. The maximum absolute atomic E-state index is 14.3. The first-order valence-electron chi connectivity index (χ1n) is 28.9. The Morgan fingerprint density at radius 2 is 1.44 bits per heavy atom. The van der Waals surface area contributed by atoms with Gasteiger partial charge in [0.25, 0.3) is 0 Å². The summed E-state index contributed by atoms with van der Waals surface area (Å²) in [5, 5.41) is -0.0288. The molecule has 9 aliphatic rings. The Balaban J connectivity index is 0.848. The highest BCUT2D eigenvalue weighted by Gasteiger charge is 2.69. The summed E-state index contributed by atoms with van der Waals surface area (Å²) < 4.78 is 108. The van der Waals surface area contributed by atoms with Crippen molar-refractivity contribution < 1.29 is 69.4 Å². The van der Waals surface area contributed by atoms with Crippen LogP contribution in [0.2, 0.25) is 36.3 Å². The summed E-state index contributed by atoms with van der Waals surface area (Å²) in [6, 6.07) is 8.69. The molecule has 77 heavy (non-hydrogen) atoms. The van der Waals surface area contributed by atoms with E-state index in [0.717, 1.165) is 49.7 Å². The summed E-state index contributed by atoms with van der Waals surface area (Å²) in [5.41, 5.74) is 2.08. The van der Waals surface area contributed by atoms with Crippen LogP contribution in [-0.4, -0.2) is 161 Å². The highest BCUT2D eigenvalue weighted by atomic mass is 32.2. The minimum absolute atomic E-state index is 0.0117. The smallest absolute Gasteiger partial charge is 0.308 e. The number of ether oxygens (including phenoxy) is 10. The average Bonchev–Trinajstić information content (AvgIpc) is 4.05. The molecule has 19 atom stereocenters. The Morgan fingerprint density at radius 3 is 2.13 bits per heavy atom. The standard InChI is InChI=1S/C59H94O15SSi2/c1-35-27-38(21-23-44-36(2)28-40(66-44)25-26-59-32-49-53(72-59)54-55(71-49)56(73-59)52-45(70-54)24-22-39(68-52)30-50(60)63-10)67-46(37(35)3)31-47-43(34-75(61,62)42-19-17-16-18-20-42)51(64-11)48(69-47)29-41(74-77(14,15)58(7,8)9)33-65-76(12,13)57(4,5)6/h16-20,35,38-41,43-49,51-56H,2-3,21-34H2,1,4-15H3/t35-,38+,39-,40+,41+,43+,44+,45+,46-,47+,48-,49-,51-,52+,53+,54+,55-,56-,59+/m1/s1. The maximum Gasteiger partial charge on any atom is 0.308 e. The van der Waals surface area contributed by atoms with Crippen LogP contribution in [0, 0.1) is 11.8 Å². The molecule has 10 rings (SSSR count). The minimum atomic E-state index is -3.73. The summed E-state index contributed by atoms with van der Waals surface area (Å²) in [6.07, 6.45) is 3.45. The molecular weight excluding hydrogens is 1040 g/mol. The van der Waals surface area contributed by atoms with E-state index in [-0.39, 0.29) is 118 Å². The van der Waals surface area contributed by atoms with Crippen molar-refractivity contribution in [1.82, 2.24) is 0 Å². The fourth-order valence-corrected chi connectivity index (χ4v) is 17.1. The van der Waals surface area contributed by atoms with Gasteiger partial charge in [-0.05, 0) is 110 Å². The van der Waals surface area contributed by atoms with Crippen LogP contribution in [0.15, 0.2) is 59.5 Å². The molecule has 6 bridgehead atoms. The van der Waals surface area contributed by atoms with Gasteiger partial charge in [0, 0.05) is 38.7 Å². The van der Waals surface area contributed by atoms with Crippen molar-refractivity contribution >= 4 is 32.4 Å². The largest absolute Gasteiger partial charge is 0.469 e. The quantitative estimate of drug-likeness (QED) is 0.0649. The Morgan fingerprint density at radius 1 is 0.766 bits per heavy atom. The van der Waals surface area contributed by atoms with Crippen molar-refractivity contribution in [1.29, 1.82) is 0 Å². The predicted molar refractivity (Wildman–Crippen MR) is 297 cm³/mol. The van der Waals surface area contributed by atoms with Crippen LogP contribution in [0.4, 0.5) is 0 Å². The van der Waals surface area contributed by atoms with Gasteiger partial charge in [-0.15, -0.1) is 0 Å². The van der Waals surface area contributed by atoms with Crippen LogP contribution in [0.5, 0.6) is 0 Å². The van der Waals surface area contributed by atoms with Gasteiger partial charge in [-0.1, -0.05) is 79.8 Å². The number of fused-ring (bicyclic) bond motifs is 1. The van der Waals surface area contributed by atoms with E-state index >= 15 is 0 Å². The summed E-state index contributed by atoms with van der Waals surface area (Å²) in [5.74, 6) is -1.58. The zero-order valence-electron chi connectivity index (χ0n) is 48.6. The van der Waals surface area contributed by atoms with Crippen LogP contribution in [0.1, 0.15) is 126 Å². The lowest BCUT2D eigenvalue weighted by atomic mass is 9.83. The van der Waals surface area contributed by atoms with Gasteiger partial charge in [0.1, 0.15) is 30.5 Å². The number of hydrogen-bond acceptors (Lipinski definition) is 15. The number of benzene rings is 1. The minimum Gasteiger partial charge on any atom is -0.469 e. The second-order valence-electron chi connectivity index (χ2n) is 27.0. The molecule has 9 saturated heterocycles. The van der Waals surface area contributed by atoms with Crippen LogP contribution in [0.3, 0.4) is 0 Å². The van der Waals surface area contributed by atoms with Gasteiger partial charge in [0.15, 0.2) is 32.3 Å². The summed E-state index contributed by atoms with van der Waals surface area (Å²) in [4.78, 5) is 12.5. The molecule has 1 aromatic carbocycles. The normalized spacial score (nSPS) is 38.7. The van der Waals surface area contributed by atoms with Crippen molar-refractivity contribution in [3.8, 4) is 0 Å². The molecule has 9 heterocycles. The number of rotatable bonds is 21. The fourth-order valence-electron chi connectivity index (χ4n) is 13.0. The van der Waals surface area contributed by atoms with Crippen LogP contribution in [0.25, 0.3) is 0 Å². The highest BCUT2D eigenvalue weighted by Crippen LogP contribution is 2.55. The zero-order chi connectivity index (χ0) is 55.6. The SMILES string of the molecule is C=C1C[C@H](CC[C@@]23C[C@H]4O[C@@H]5[C@@H](O[C@H]6CC[C@H](CC(=O)OC)O[C@@H]6[C@H]5O2)[C@H]4O3)O[C@H]1CC[C@H]1C[C@@H](C)C(=C)[C@@H](C[C@@H]2O[C@H](C[C@@H](CO[Si](C)(C)C(C)(C)C)O[Si](C)(C)C(C)(C)C)[C@H](OC)[C@H]2CS(=O)(=O)c2ccccc2)O1. The third-order valence-electron chi connectivity index (χ3n) is 19.6. The van der Waals surface area contributed by atoms with E-state index in [1.165, 1.54) is 7.11 Å². The number of carbonyl (C=O) groups is 1. The molecular formula is C59H94O15SSi2. The van der Waals surface area contributed by atoms with E-state index in [2.05, 4.69) is 87.8 Å². The molecule has 0 saturated carbocycles. The van der Waals surface area contributed by atoms with Crippen LogP contribution >= 0.6 is 0 Å². The van der Waals surface area contributed by atoms with E-state index in [4.69, 9.17) is 56.2 Å². The lowest BCUT2D eigenvalue weighted by molar-refractivity contribution is -0.293. The zero-order valence-corrected chi connectivity index (χ0v) is 51.4. The third-order valence-corrected chi connectivity index (χ3v) is 30.5. The number of hydrogen-bond donors (Lipinski definition) is 0. The van der Waals surface area contributed by atoms with Gasteiger partial charge in [-0.25, -0.2) is 8.42 Å². The third kappa shape index (κ3) is 12.9. The van der Waals surface area contributed by atoms with Gasteiger partial charge in [-0.2, -0.15) is 0 Å². The summed E-state index contributed by atoms with van der Waals surface area (Å²) in [7, 11) is -5.10. The molecule has 434 valence electrons. The molecule has 0 radical (unpaired) electrons. The molecule has 9 fully saturated rings. The van der Waals surface area contributed by atoms with E-state index in [1.54, 1.807) is 31.4 Å². The van der Waals surface area contributed by atoms with Gasteiger partial charge in [-0.3, -0.25) is 4.79 Å². The van der Waals surface area contributed by atoms with Crippen molar-refractivity contribution in [2.24, 2.45) is 11.8 Å². The molecule has 15 nitrogen and oxygen atoms in total. The molecule has 0 N–H and O–H groups in total. The van der Waals surface area contributed by atoms with E-state index in [0.29, 0.717) is 38.7 Å². The highest BCUT2D eigenvalue weighted by molar-refractivity contribution is 7.91. The Kier molecular flexibility index (Phi) is 17.9. The first-order chi connectivity index (χ1) is 36.1. The second kappa shape index (κ2) is 23.0. The number of esters is 1. The van der Waals surface area contributed by atoms with Crippen molar-refractivity contribution in [3.05, 3.63) is 54.6 Å². The Labute approximate surface area is 463 Å². The number of methoxy groups -OCH3 is 2. The fraction of sp³-hybridized carbons (Fsp3) is 0.814. The topological polar surface area (TPSA) is 162 Å². The molecule has 1 aromatic rings. The van der Waals surface area contributed by atoms with Crippen molar-refractivity contribution in [3.63, 3.8) is 0 Å². The van der Waals surface area contributed by atoms with E-state index < -0.39 is 56.5 Å². The van der Waals surface area contributed by atoms with Gasteiger partial charge in [0.2, 0.25) is 0 Å². The molecule has 0 amide bonds. The summed E-state index contributed by atoms with van der Waals surface area (Å²) in [6.45, 7) is 34.3. The molecule has 0 unspecified atom stereocenters. The second-order valence-corrected chi connectivity index (χ2v) is 38.6. The van der Waals surface area contributed by atoms with Gasteiger partial charge < -0.3 is 56.2 Å². The van der Waals surface area contributed by atoms with Crippen molar-refractivity contribution in [2.45, 2.75) is 270 Å². The number of sulfone groups is 1. The lowest BCUT2D eigenvalue weighted by Crippen LogP contribution is -2.61. The van der Waals surface area contributed by atoms with Gasteiger partial charge >= 0.3 is 5.97 Å². The first-order valence-corrected chi connectivity index (χ1v) is 36.4. The lowest BCUT2D eigenvalue weighted by Gasteiger charge is -2.47. The monoisotopic (exact) mass is 1130 g/mol. The predicted octanol–water partition coefficient (Wildman–Crippen LogP) is 10.2. The Bertz CT molecular complexity index is 2350. The van der Waals surface area contributed by atoms with Crippen LogP contribution in [-0.2, 0) is 70.9 Å². The molecule has 0 aromatic heterocycles. The van der Waals surface area contributed by atoms with E-state index in [1.807, 2.05) is 6.07 Å². The molecule has 0 aliphatic carbocycles. The maximum atomic E-state index is 14.3. The van der Waals surface area contributed by atoms with Crippen LogP contribution < -0.4 is 0 Å². The summed E-state index contributed by atoms with van der Waals surface area (Å²) >= 11 is 0. The van der Waals surface area contributed by atoms with Crippen molar-refractivity contribution in [2.75, 3.05) is 26.6 Å². The first kappa shape index (κ1) is 59.7. The molecule has 18 heteroatoms. The van der Waals surface area contributed by atoms with E-state index in [9.17, 15) is 13.2 Å². The average molecular weight is 1130 g/mol. The molecule has 0 spiro atoms. The molecule has 9 aliphatic heterocycles.